The van der Waals surface area contributed by atoms with Gasteiger partial charge in [0.15, 0.2) is 0 Å². The molecule has 1 N–H and O–H groups in total. The third kappa shape index (κ3) is 3.86. The molecule has 2 aliphatic rings. The zero-order valence-electron chi connectivity index (χ0n) is 12.6. The molecule has 1 aromatic carbocycles. The third-order valence-electron chi connectivity index (χ3n) is 4.48. The first-order chi connectivity index (χ1) is 10.1. The summed E-state index contributed by atoms with van der Waals surface area (Å²) < 4.78 is 1.01. The SMILES string of the molecule is Cc1ccc(C(=O)N(CC2CC2)CC2CCCN2)cc1Br. The van der Waals surface area contributed by atoms with Crippen molar-refractivity contribution in [2.75, 3.05) is 19.6 Å². The van der Waals surface area contributed by atoms with Gasteiger partial charge in [0.2, 0.25) is 0 Å². The predicted octanol–water partition coefficient (Wildman–Crippen LogP) is 3.36. The Morgan fingerprint density at radius 3 is 2.76 bits per heavy atom. The number of hydrogen-bond acceptors (Lipinski definition) is 2. The molecule has 0 bridgehead atoms. The fourth-order valence-corrected chi connectivity index (χ4v) is 3.32. The van der Waals surface area contributed by atoms with Crippen LogP contribution in [0.1, 0.15) is 41.6 Å². The first kappa shape index (κ1) is 15.0. The van der Waals surface area contributed by atoms with Gasteiger partial charge in [-0.2, -0.15) is 0 Å². The largest absolute Gasteiger partial charge is 0.337 e. The Kier molecular flexibility index (Phi) is 4.65. The minimum Gasteiger partial charge on any atom is -0.337 e. The standard InChI is InChI=1S/C17H23BrN2O/c1-12-4-7-14(9-16(12)18)17(21)20(10-13-5-6-13)11-15-3-2-8-19-15/h4,7,9,13,15,19H,2-3,5-6,8,10-11H2,1H3. The van der Waals surface area contributed by atoms with E-state index in [4.69, 9.17) is 0 Å². The number of nitrogens with zero attached hydrogens (tertiary/aromatic N) is 1. The predicted molar refractivity (Wildman–Crippen MR) is 88.5 cm³/mol. The van der Waals surface area contributed by atoms with Crippen molar-refractivity contribution in [2.45, 2.75) is 38.6 Å². The van der Waals surface area contributed by atoms with E-state index in [-0.39, 0.29) is 5.91 Å². The molecule has 0 spiro atoms. The Morgan fingerprint density at radius 1 is 1.33 bits per heavy atom. The number of rotatable bonds is 5. The summed E-state index contributed by atoms with van der Waals surface area (Å²) in [6, 6.07) is 6.39. The van der Waals surface area contributed by atoms with Crippen LogP contribution in [0, 0.1) is 12.8 Å². The van der Waals surface area contributed by atoms with Crippen LogP contribution in [0.15, 0.2) is 22.7 Å². The quantitative estimate of drug-likeness (QED) is 0.882. The van der Waals surface area contributed by atoms with Crippen molar-refractivity contribution < 1.29 is 4.79 Å². The molecule has 2 fully saturated rings. The minimum absolute atomic E-state index is 0.177. The smallest absolute Gasteiger partial charge is 0.253 e. The molecule has 1 saturated heterocycles. The Morgan fingerprint density at radius 2 is 2.14 bits per heavy atom. The fourth-order valence-electron chi connectivity index (χ4n) is 2.94. The van der Waals surface area contributed by atoms with Crippen LogP contribution in [-0.4, -0.2) is 36.5 Å². The van der Waals surface area contributed by atoms with Gasteiger partial charge < -0.3 is 10.2 Å². The van der Waals surface area contributed by atoms with Crippen LogP contribution in [0.5, 0.6) is 0 Å². The molecule has 3 rings (SSSR count). The van der Waals surface area contributed by atoms with Crippen LogP contribution in [0.2, 0.25) is 0 Å². The van der Waals surface area contributed by atoms with Gasteiger partial charge in [0.25, 0.3) is 5.91 Å². The number of hydrogen-bond donors (Lipinski definition) is 1. The molecule has 1 unspecified atom stereocenters. The highest BCUT2D eigenvalue weighted by Crippen LogP contribution is 2.30. The zero-order chi connectivity index (χ0) is 14.8. The minimum atomic E-state index is 0.177. The molecule has 1 aliphatic heterocycles. The summed E-state index contributed by atoms with van der Waals surface area (Å²) in [7, 11) is 0. The zero-order valence-corrected chi connectivity index (χ0v) is 14.2. The third-order valence-corrected chi connectivity index (χ3v) is 5.34. The van der Waals surface area contributed by atoms with Gasteiger partial charge in [-0.1, -0.05) is 22.0 Å². The molecule has 0 aromatic heterocycles. The average Bonchev–Trinajstić information content (AvgIpc) is 3.14. The van der Waals surface area contributed by atoms with Crippen LogP contribution < -0.4 is 5.32 Å². The maximum absolute atomic E-state index is 12.8. The topological polar surface area (TPSA) is 32.3 Å². The molecule has 1 amide bonds. The summed E-state index contributed by atoms with van der Waals surface area (Å²) in [6.07, 6.45) is 4.97. The van der Waals surface area contributed by atoms with Crippen molar-refractivity contribution in [3.05, 3.63) is 33.8 Å². The van der Waals surface area contributed by atoms with Gasteiger partial charge in [0, 0.05) is 29.2 Å². The van der Waals surface area contributed by atoms with Gasteiger partial charge >= 0.3 is 0 Å². The van der Waals surface area contributed by atoms with Gasteiger partial charge in [-0.3, -0.25) is 4.79 Å². The Hall–Kier alpha value is -0.870. The lowest BCUT2D eigenvalue weighted by atomic mass is 10.1. The average molecular weight is 351 g/mol. The van der Waals surface area contributed by atoms with Crippen molar-refractivity contribution >= 4 is 21.8 Å². The lowest BCUT2D eigenvalue weighted by Crippen LogP contribution is -2.42. The first-order valence-corrected chi connectivity index (χ1v) is 8.71. The van der Waals surface area contributed by atoms with Gasteiger partial charge in [0.1, 0.15) is 0 Å². The summed E-state index contributed by atoms with van der Waals surface area (Å²) in [5.41, 5.74) is 1.96. The maximum Gasteiger partial charge on any atom is 0.253 e. The molecule has 1 saturated carbocycles. The van der Waals surface area contributed by atoms with E-state index in [0.717, 1.165) is 41.2 Å². The van der Waals surface area contributed by atoms with Crippen molar-refractivity contribution in [2.24, 2.45) is 5.92 Å². The van der Waals surface area contributed by atoms with Crippen molar-refractivity contribution in [1.29, 1.82) is 0 Å². The second-order valence-electron chi connectivity index (χ2n) is 6.41. The van der Waals surface area contributed by atoms with Crippen molar-refractivity contribution in [3.8, 4) is 0 Å². The normalized spacial score (nSPS) is 21.5. The van der Waals surface area contributed by atoms with E-state index in [1.54, 1.807) is 0 Å². The second-order valence-corrected chi connectivity index (χ2v) is 7.27. The highest BCUT2D eigenvalue weighted by Gasteiger charge is 2.29. The highest BCUT2D eigenvalue weighted by atomic mass is 79.9. The Bertz CT molecular complexity index is 522. The summed E-state index contributed by atoms with van der Waals surface area (Å²) in [5.74, 6) is 0.903. The van der Waals surface area contributed by atoms with Gasteiger partial charge in [-0.25, -0.2) is 0 Å². The van der Waals surface area contributed by atoms with E-state index >= 15 is 0 Å². The molecule has 21 heavy (non-hydrogen) atoms. The Balaban J connectivity index is 1.73. The molecule has 0 radical (unpaired) electrons. The molecule has 4 heteroatoms. The summed E-state index contributed by atoms with van der Waals surface area (Å²) in [5, 5.41) is 3.50. The van der Waals surface area contributed by atoms with Crippen molar-refractivity contribution in [3.63, 3.8) is 0 Å². The molecule has 1 aromatic rings. The summed E-state index contributed by atoms with van der Waals surface area (Å²) in [4.78, 5) is 14.9. The lowest BCUT2D eigenvalue weighted by molar-refractivity contribution is 0.0733. The fraction of sp³-hybridized carbons (Fsp3) is 0.588. The van der Waals surface area contributed by atoms with E-state index in [9.17, 15) is 4.79 Å². The molecular weight excluding hydrogens is 328 g/mol. The van der Waals surface area contributed by atoms with E-state index in [1.165, 1.54) is 25.7 Å². The number of aryl methyl sites for hydroxylation is 1. The van der Waals surface area contributed by atoms with Crippen LogP contribution in [0.25, 0.3) is 0 Å². The number of nitrogens with one attached hydrogen (secondary N) is 1. The molecule has 3 nitrogen and oxygen atoms in total. The number of benzene rings is 1. The number of carbonyl (C=O) groups is 1. The first-order valence-electron chi connectivity index (χ1n) is 7.92. The molecule has 114 valence electrons. The summed E-state index contributed by atoms with van der Waals surface area (Å²) >= 11 is 3.53. The summed E-state index contributed by atoms with van der Waals surface area (Å²) in [6.45, 7) is 4.90. The number of carbonyl (C=O) groups excluding carboxylic acids is 1. The van der Waals surface area contributed by atoms with Crippen LogP contribution in [0.3, 0.4) is 0 Å². The van der Waals surface area contributed by atoms with Crippen LogP contribution in [-0.2, 0) is 0 Å². The van der Waals surface area contributed by atoms with Crippen LogP contribution in [0.4, 0.5) is 0 Å². The highest BCUT2D eigenvalue weighted by molar-refractivity contribution is 9.10. The van der Waals surface area contributed by atoms with Crippen LogP contribution >= 0.6 is 15.9 Å². The van der Waals surface area contributed by atoms with Gasteiger partial charge in [-0.15, -0.1) is 0 Å². The molecule has 1 atom stereocenters. The van der Waals surface area contributed by atoms with Gasteiger partial charge in [0.05, 0.1) is 0 Å². The molecular formula is C17H23BrN2O. The maximum atomic E-state index is 12.8. The Labute approximate surface area is 135 Å². The van der Waals surface area contributed by atoms with Crippen molar-refractivity contribution in [1.82, 2.24) is 10.2 Å². The number of amides is 1. The molecule has 1 heterocycles. The van der Waals surface area contributed by atoms with E-state index < -0.39 is 0 Å². The monoisotopic (exact) mass is 350 g/mol. The number of halogens is 1. The van der Waals surface area contributed by atoms with E-state index in [0.29, 0.717) is 6.04 Å². The van der Waals surface area contributed by atoms with E-state index in [1.807, 2.05) is 25.1 Å². The van der Waals surface area contributed by atoms with E-state index in [2.05, 4.69) is 26.1 Å². The second kappa shape index (κ2) is 6.49. The van der Waals surface area contributed by atoms with Gasteiger partial charge in [-0.05, 0) is 62.8 Å². The lowest BCUT2D eigenvalue weighted by Gasteiger charge is -2.26. The molecule has 1 aliphatic carbocycles.